The van der Waals surface area contributed by atoms with E-state index in [1.54, 1.807) is 0 Å². The van der Waals surface area contributed by atoms with Gasteiger partial charge in [0, 0.05) is 5.56 Å². The van der Waals surface area contributed by atoms with Crippen molar-refractivity contribution >= 4 is 11.3 Å². The molecule has 2 rings (SSSR count). The summed E-state index contributed by atoms with van der Waals surface area (Å²) in [5.74, 6) is 0.109. The summed E-state index contributed by atoms with van der Waals surface area (Å²) >= 11 is 1.51. The van der Waals surface area contributed by atoms with Crippen molar-refractivity contribution in [1.82, 2.24) is 0 Å². The number of thiophene rings is 1. The summed E-state index contributed by atoms with van der Waals surface area (Å²) in [6, 6.07) is 4.14. The van der Waals surface area contributed by atoms with Gasteiger partial charge in [-0.15, -0.1) is 0 Å². The molecule has 0 aliphatic rings. The van der Waals surface area contributed by atoms with Gasteiger partial charge < -0.3 is 9.84 Å². The van der Waals surface area contributed by atoms with Crippen LogP contribution in [-0.4, -0.2) is 12.2 Å². The van der Waals surface area contributed by atoms with Gasteiger partial charge in [0.1, 0.15) is 17.7 Å². The van der Waals surface area contributed by atoms with Crippen LogP contribution in [0.5, 0.6) is 5.75 Å². The number of aliphatic hydroxyl groups excluding tert-OH is 1. The minimum Gasteiger partial charge on any atom is -0.496 e. The maximum absolute atomic E-state index is 13.2. The van der Waals surface area contributed by atoms with Crippen molar-refractivity contribution in [1.29, 1.82) is 0 Å². The number of hydrogen-bond donors (Lipinski definition) is 1. The number of halogens is 1. The smallest absolute Gasteiger partial charge is 0.125 e. The second kappa shape index (κ2) is 4.85. The fourth-order valence-electron chi connectivity index (χ4n) is 1.74. The summed E-state index contributed by atoms with van der Waals surface area (Å²) in [6.07, 6.45) is -0.855. The molecule has 0 fully saturated rings. The lowest BCUT2D eigenvalue weighted by atomic mass is 10.0. The van der Waals surface area contributed by atoms with E-state index in [2.05, 4.69) is 0 Å². The first-order valence-corrected chi connectivity index (χ1v) is 6.12. The number of ether oxygens (including phenoxy) is 1. The largest absolute Gasteiger partial charge is 0.496 e. The van der Waals surface area contributed by atoms with Crippen LogP contribution in [0.1, 0.15) is 22.8 Å². The van der Waals surface area contributed by atoms with E-state index in [0.717, 1.165) is 11.1 Å². The second-order valence-corrected chi connectivity index (χ2v) is 4.54. The molecule has 1 aromatic heterocycles. The Balaban J connectivity index is 2.46. The molecule has 90 valence electrons. The van der Waals surface area contributed by atoms with E-state index in [4.69, 9.17) is 4.74 Å². The van der Waals surface area contributed by atoms with E-state index in [9.17, 15) is 9.50 Å². The number of rotatable bonds is 3. The average molecular weight is 252 g/mol. The van der Waals surface area contributed by atoms with Crippen molar-refractivity contribution in [2.75, 3.05) is 7.11 Å². The summed E-state index contributed by atoms with van der Waals surface area (Å²) in [5.41, 5.74) is 2.24. The standard InChI is InChI=1S/C13H13FO2S/c1-8-6-17-7-11(8)13(15)10-5-9(14)3-4-12(10)16-2/h3-7,13,15H,1-2H3. The van der Waals surface area contributed by atoms with Gasteiger partial charge in [-0.3, -0.25) is 0 Å². The fraction of sp³-hybridized carbons (Fsp3) is 0.231. The zero-order chi connectivity index (χ0) is 12.4. The first kappa shape index (κ1) is 12.1. The van der Waals surface area contributed by atoms with Crippen molar-refractivity contribution in [2.24, 2.45) is 0 Å². The zero-order valence-electron chi connectivity index (χ0n) is 9.61. The third-order valence-corrected chi connectivity index (χ3v) is 3.56. The van der Waals surface area contributed by atoms with Gasteiger partial charge in [0.15, 0.2) is 0 Å². The highest BCUT2D eigenvalue weighted by Gasteiger charge is 2.18. The Morgan fingerprint density at radius 3 is 2.65 bits per heavy atom. The van der Waals surface area contributed by atoms with Gasteiger partial charge >= 0.3 is 0 Å². The number of benzene rings is 1. The van der Waals surface area contributed by atoms with Gasteiger partial charge in [-0.2, -0.15) is 11.3 Å². The topological polar surface area (TPSA) is 29.5 Å². The molecule has 2 nitrogen and oxygen atoms in total. The van der Waals surface area contributed by atoms with Crippen molar-refractivity contribution in [3.8, 4) is 5.75 Å². The van der Waals surface area contributed by atoms with Crippen LogP contribution in [0.3, 0.4) is 0 Å². The Bertz CT molecular complexity index is 522. The molecule has 17 heavy (non-hydrogen) atoms. The van der Waals surface area contributed by atoms with E-state index >= 15 is 0 Å². The van der Waals surface area contributed by atoms with Crippen molar-refractivity contribution in [2.45, 2.75) is 13.0 Å². The van der Waals surface area contributed by atoms with Gasteiger partial charge in [-0.25, -0.2) is 4.39 Å². The van der Waals surface area contributed by atoms with Gasteiger partial charge in [0.2, 0.25) is 0 Å². The molecule has 0 spiro atoms. The molecule has 2 aromatic rings. The Labute approximate surface area is 103 Å². The fourth-order valence-corrected chi connectivity index (χ4v) is 2.61. The van der Waals surface area contributed by atoms with E-state index in [0.29, 0.717) is 11.3 Å². The van der Waals surface area contributed by atoms with Gasteiger partial charge in [-0.05, 0) is 47.0 Å². The predicted octanol–water partition coefficient (Wildman–Crippen LogP) is 3.29. The number of aryl methyl sites for hydroxylation is 1. The molecular formula is C13H13FO2S. The Kier molecular flexibility index (Phi) is 3.45. The summed E-state index contributed by atoms with van der Waals surface area (Å²) in [5, 5.41) is 14.1. The van der Waals surface area contributed by atoms with E-state index in [1.165, 1.54) is 36.6 Å². The molecule has 4 heteroatoms. The first-order chi connectivity index (χ1) is 8.13. The Hall–Kier alpha value is -1.39. The molecule has 0 saturated carbocycles. The summed E-state index contributed by atoms with van der Waals surface area (Å²) in [7, 11) is 1.50. The highest BCUT2D eigenvalue weighted by atomic mass is 32.1. The van der Waals surface area contributed by atoms with Gasteiger partial charge in [0.25, 0.3) is 0 Å². The lowest BCUT2D eigenvalue weighted by Gasteiger charge is -2.15. The number of methoxy groups -OCH3 is 1. The minimum absolute atomic E-state index is 0.382. The van der Waals surface area contributed by atoms with Crippen LogP contribution in [0, 0.1) is 12.7 Å². The minimum atomic E-state index is -0.855. The molecule has 0 amide bonds. The molecule has 1 aromatic carbocycles. The molecule has 1 N–H and O–H groups in total. The first-order valence-electron chi connectivity index (χ1n) is 5.17. The van der Waals surface area contributed by atoms with Crippen molar-refractivity contribution in [3.05, 3.63) is 51.5 Å². The number of hydrogen-bond acceptors (Lipinski definition) is 3. The third-order valence-electron chi connectivity index (χ3n) is 2.68. The van der Waals surface area contributed by atoms with Crippen LogP contribution in [0.4, 0.5) is 4.39 Å². The molecular weight excluding hydrogens is 239 g/mol. The monoisotopic (exact) mass is 252 g/mol. The van der Waals surface area contributed by atoms with Crippen LogP contribution < -0.4 is 4.74 Å². The summed E-state index contributed by atoms with van der Waals surface area (Å²) < 4.78 is 18.4. The lowest BCUT2D eigenvalue weighted by Crippen LogP contribution is -2.03. The van der Waals surface area contributed by atoms with Gasteiger partial charge in [0.05, 0.1) is 7.11 Å². The molecule has 0 radical (unpaired) electrons. The molecule has 0 saturated heterocycles. The van der Waals surface area contributed by atoms with Crippen LogP contribution in [0.15, 0.2) is 29.0 Å². The molecule has 0 aliphatic carbocycles. The quantitative estimate of drug-likeness (QED) is 0.908. The van der Waals surface area contributed by atoms with Crippen LogP contribution in [0.25, 0.3) is 0 Å². The molecule has 1 heterocycles. The van der Waals surface area contributed by atoms with E-state index < -0.39 is 6.10 Å². The molecule has 1 unspecified atom stereocenters. The van der Waals surface area contributed by atoms with E-state index in [-0.39, 0.29) is 5.82 Å². The predicted molar refractivity (Wildman–Crippen MR) is 66.1 cm³/mol. The molecule has 1 atom stereocenters. The SMILES string of the molecule is COc1ccc(F)cc1C(O)c1cscc1C. The summed E-state index contributed by atoms with van der Waals surface area (Å²) in [6.45, 7) is 1.92. The van der Waals surface area contributed by atoms with Crippen LogP contribution in [-0.2, 0) is 0 Å². The van der Waals surface area contributed by atoms with E-state index in [1.807, 2.05) is 17.7 Å². The summed E-state index contributed by atoms with van der Waals surface area (Å²) in [4.78, 5) is 0. The highest BCUT2D eigenvalue weighted by molar-refractivity contribution is 7.08. The lowest BCUT2D eigenvalue weighted by molar-refractivity contribution is 0.214. The second-order valence-electron chi connectivity index (χ2n) is 3.80. The maximum Gasteiger partial charge on any atom is 0.125 e. The Morgan fingerprint density at radius 2 is 2.06 bits per heavy atom. The Morgan fingerprint density at radius 1 is 1.29 bits per heavy atom. The van der Waals surface area contributed by atoms with Gasteiger partial charge in [-0.1, -0.05) is 0 Å². The third kappa shape index (κ3) is 2.33. The normalized spacial score (nSPS) is 12.5. The zero-order valence-corrected chi connectivity index (χ0v) is 10.4. The maximum atomic E-state index is 13.2. The number of aliphatic hydroxyl groups is 1. The molecule has 0 aliphatic heterocycles. The average Bonchev–Trinajstić information content (AvgIpc) is 2.74. The van der Waals surface area contributed by atoms with Crippen LogP contribution >= 0.6 is 11.3 Å². The highest BCUT2D eigenvalue weighted by Crippen LogP contribution is 2.33. The molecule has 0 bridgehead atoms. The van der Waals surface area contributed by atoms with Crippen molar-refractivity contribution < 1.29 is 14.2 Å². The van der Waals surface area contributed by atoms with Crippen molar-refractivity contribution in [3.63, 3.8) is 0 Å². The van der Waals surface area contributed by atoms with Crippen LogP contribution in [0.2, 0.25) is 0 Å².